The molecule has 1 aliphatic carbocycles. The van der Waals surface area contributed by atoms with Gasteiger partial charge < -0.3 is 0 Å². The highest BCUT2D eigenvalue weighted by atomic mass is 19.1. The van der Waals surface area contributed by atoms with Crippen LogP contribution in [0.25, 0.3) is 0 Å². The molecular weight excluding hydrogens is 403 g/mol. The predicted octanol–water partition coefficient (Wildman–Crippen LogP) is 9.12. The first-order chi connectivity index (χ1) is 16.1. The van der Waals surface area contributed by atoms with Crippen molar-refractivity contribution in [3.05, 3.63) is 119 Å². The first-order valence-electron chi connectivity index (χ1n) is 12.7. The Kier molecular flexibility index (Phi) is 8.15. The van der Waals surface area contributed by atoms with Gasteiger partial charge in [0.05, 0.1) is 0 Å². The molecule has 3 aromatic rings. The summed E-state index contributed by atoms with van der Waals surface area (Å²) in [6, 6.07) is 26.1. The van der Waals surface area contributed by atoms with Crippen LogP contribution in [0, 0.1) is 5.82 Å². The van der Waals surface area contributed by atoms with Gasteiger partial charge in [0, 0.05) is 0 Å². The van der Waals surface area contributed by atoms with E-state index in [4.69, 9.17) is 0 Å². The van der Waals surface area contributed by atoms with Gasteiger partial charge in [-0.1, -0.05) is 85.8 Å². The Labute approximate surface area is 199 Å². The van der Waals surface area contributed by atoms with E-state index in [0.717, 1.165) is 37.7 Å². The van der Waals surface area contributed by atoms with Crippen molar-refractivity contribution >= 4 is 0 Å². The van der Waals surface area contributed by atoms with Crippen molar-refractivity contribution in [3.63, 3.8) is 0 Å². The van der Waals surface area contributed by atoms with Crippen LogP contribution in [0.5, 0.6) is 0 Å². The van der Waals surface area contributed by atoms with Crippen LogP contribution in [0.1, 0.15) is 91.5 Å². The Balaban J connectivity index is 1.31. The topological polar surface area (TPSA) is 0 Å². The van der Waals surface area contributed by atoms with Crippen LogP contribution in [0.2, 0.25) is 0 Å². The van der Waals surface area contributed by atoms with Gasteiger partial charge in [-0.05, 0) is 104 Å². The maximum absolute atomic E-state index is 14.6. The molecule has 0 saturated heterocycles. The Morgan fingerprint density at radius 3 is 2.12 bits per heavy atom. The minimum Gasteiger partial charge on any atom is -0.207 e. The lowest BCUT2D eigenvalue weighted by Crippen LogP contribution is -2.12. The molecule has 1 fully saturated rings. The van der Waals surface area contributed by atoms with Gasteiger partial charge in [-0.2, -0.15) is 0 Å². The fraction of sp³-hybridized carbons (Fsp3) is 0.375. The maximum atomic E-state index is 14.6. The molecule has 0 nitrogen and oxygen atoms in total. The molecule has 0 unspecified atom stereocenters. The smallest absolute Gasteiger partial charge is 0.126 e. The van der Waals surface area contributed by atoms with Crippen LogP contribution in [-0.2, 0) is 12.8 Å². The van der Waals surface area contributed by atoms with Crippen molar-refractivity contribution in [1.29, 1.82) is 0 Å². The third-order valence-corrected chi connectivity index (χ3v) is 7.45. The Morgan fingerprint density at radius 1 is 0.848 bits per heavy atom. The molecule has 1 saturated carbocycles. The van der Waals surface area contributed by atoms with Crippen molar-refractivity contribution in [3.8, 4) is 0 Å². The van der Waals surface area contributed by atoms with Crippen molar-refractivity contribution in [2.75, 3.05) is 0 Å². The molecule has 0 radical (unpaired) electrons. The summed E-state index contributed by atoms with van der Waals surface area (Å²) in [4.78, 5) is 0. The first-order valence-corrected chi connectivity index (χ1v) is 12.7. The fourth-order valence-corrected chi connectivity index (χ4v) is 5.36. The largest absolute Gasteiger partial charge is 0.207 e. The highest BCUT2D eigenvalue weighted by Gasteiger charge is 2.24. The summed E-state index contributed by atoms with van der Waals surface area (Å²) < 4.78 is 14.6. The summed E-state index contributed by atoms with van der Waals surface area (Å²) in [5, 5.41) is 0. The second kappa shape index (κ2) is 11.5. The van der Waals surface area contributed by atoms with Crippen LogP contribution in [0.4, 0.5) is 4.39 Å². The van der Waals surface area contributed by atoms with E-state index in [-0.39, 0.29) is 5.82 Å². The van der Waals surface area contributed by atoms with Crippen molar-refractivity contribution in [2.45, 2.75) is 76.5 Å². The van der Waals surface area contributed by atoms with E-state index in [2.05, 4.69) is 73.7 Å². The summed E-state index contributed by atoms with van der Waals surface area (Å²) in [5.74, 6) is 1.62. The highest BCUT2D eigenvalue weighted by molar-refractivity contribution is 5.31. The number of rotatable bonds is 8. The number of halogens is 1. The molecule has 0 aromatic heterocycles. The lowest BCUT2D eigenvalue weighted by molar-refractivity contribution is 0.395. The molecule has 1 heteroatoms. The van der Waals surface area contributed by atoms with Gasteiger partial charge >= 0.3 is 0 Å². The lowest BCUT2D eigenvalue weighted by Gasteiger charge is -2.29. The molecule has 0 aliphatic heterocycles. The van der Waals surface area contributed by atoms with Crippen LogP contribution >= 0.6 is 0 Å². The number of hydrogen-bond donors (Lipinski definition) is 0. The van der Waals surface area contributed by atoms with E-state index in [1.807, 2.05) is 19.1 Å². The first kappa shape index (κ1) is 23.5. The monoisotopic (exact) mass is 440 g/mol. The van der Waals surface area contributed by atoms with E-state index >= 15 is 0 Å². The molecule has 0 bridgehead atoms. The molecule has 0 N–H and O–H groups in total. The quantitative estimate of drug-likeness (QED) is 0.306. The SMILES string of the molecule is C/C=C/CCc1ccc(C2CCC(c3ccc(C[C@@H](C)c4ccccc4)cc3)CC2)cc1F. The molecule has 4 rings (SSSR count). The normalized spacial score (nSPS) is 19.6. The van der Waals surface area contributed by atoms with Gasteiger partial charge in [0.25, 0.3) is 0 Å². The zero-order valence-electron chi connectivity index (χ0n) is 20.1. The third-order valence-electron chi connectivity index (χ3n) is 7.45. The zero-order valence-corrected chi connectivity index (χ0v) is 20.1. The van der Waals surface area contributed by atoms with Gasteiger partial charge in [-0.25, -0.2) is 4.39 Å². The molecule has 33 heavy (non-hydrogen) atoms. The molecule has 172 valence electrons. The Hall–Kier alpha value is -2.67. The number of allylic oxidation sites excluding steroid dienone is 2. The summed E-state index contributed by atoms with van der Waals surface area (Å²) in [7, 11) is 0. The van der Waals surface area contributed by atoms with E-state index in [0.29, 0.717) is 17.8 Å². The van der Waals surface area contributed by atoms with Gasteiger partial charge in [-0.3, -0.25) is 0 Å². The standard InChI is InChI=1S/C32H37F/c1-3-4-6-11-30-20-21-31(23-32(30)33)29-18-16-28(17-19-29)27-14-12-25(13-15-27)22-24(2)26-9-7-5-8-10-26/h3-5,7-10,12-15,20-21,23-24,28-29H,6,11,16-19,22H2,1-2H3/b4-3+/t24-,28?,29?/m1/s1. The lowest BCUT2D eigenvalue weighted by atomic mass is 9.76. The Morgan fingerprint density at radius 2 is 1.48 bits per heavy atom. The van der Waals surface area contributed by atoms with Gasteiger partial charge in [0.15, 0.2) is 0 Å². The minimum absolute atomic E-state index is 0.0283. The van der Waals surface area contributed by atoms with Gasteiger partial charge in [0.1, 0.15) is 5.82 Å². The van der Waals surface area contributed by atoms with Crippen molar-refractivity contribution in [2.24, 2.45) is 0 Å². The zero-order chi connectivity index (χ0) is 23.0. The number of benzene rings is 3. The Bertz CT molecular complexity index is 1020. The summed E-state index contributed by atoms with van der Waals surface area (Å²) in [6.07, 6.45) is 11.6. The molecule has 3 aromatic carbocycles. The molecular formula is C32H37F. The summed E-state index contributed by atoms with van der Waals surface area (Å²) in [5.41, 5.74) is 6.31. The van der Waals surface area contributed by atoms with Gasteiger partial charge in [0.2, 0.25) is 0 Å². The van der Waals surface area contributed by atoms with Crippen LogP contribution in [-0.4, -0.2) is 0 Å². The second-order valence-corrected chi connectivity index (χ2v) is 9.76. The molecule has 0 amide bonds. The molecule has 0 heterocycles. The molecule has 1 atom stereocenters. The molecule has 0 spiro atoms. The number of hydrogen-bond acceptors (Lipinski definition) is 0. The fourth-order valence-electron chi connectivity index (χ4n) is 5.36. The molecule has 1 aliphatic rings. The average Bonchev–Trinajstić information content (AvgIpc) is 2.86. The maximum Gasteiger partial charge on any atom is 0.126 e. The van der Waals surface area contributed by atoms with Crippen molar-refractivity contribution in [1.82, 2.24) is 0 Å². The minimum atomic E-state index is -0.0283. The average molecular weight is 441 g/mol. The van der Waals surface area contributed by atoms with E-state index in [9.17, 15) is 4.39 Å². The van der Waals surface area contributed by atoms with E-state index in [1.54, 1.807) is 6.07 Å². The number of aryl methyl sites for hydroxylation is 1. The van der Waals surface area contributed by atoms with E-state index in [1.165, 1.54) is 35.1 Å². The van der Waals surface area contributed by atoms with Crippen molar-refractivity contribution < 1.29 is 4.39 Å². The predicted molar refractivity (Wildman–Crippen MR) is 138 cm³/mol. The highest BCUT2D eigenvalue weighted by Crippen LogP contribution is 2.41. The summed E-state index contributed by atoms with van der Waals surface area (Å²) >= 11 is 0. The van der Waals surface area contributed by atoms with Crippen LogP contribution in [0.3, 0.4) is 0 Å². The summed E-state index contributed by atoms with van der Waals surface area (Å²) in [6.45, 7) is 4.32. The van der Waals surface area contributed by atoms with Gasteiger partial charge in [-0.15, -0.1) is 0 Å². The second-order valence-electron chi connectivity index (χ2n) is 9.76. The van der Waals surface area contributed by atoms with E-state index < -0.39 is 0 Å². The van der Waals surface area contributed by atoms with Crippen LogP contribution < -0.4 is 0 Å². The third kappa shape index (κ3) is 6.22. The van der Waals surface area contributed by atoms with Crippen LogP contribution in [0.15, 0.2) is 84.9 Å².